The second kappa shape index (κ2) is 7.99. The van der Waals surface area contributed by atoms with E-state index in [0.29, 0.717) is 5.02 Å². The third-order valence-corrected chi connectivity index (χ3v) is 3.35. The average molecular weight is 371 g/mol. The Labute approximate surface area is 147 Å². The summed E-state index contributed by atoms with van der Waals surface area (Å²) in [6, 6.07) is 8.20. The van der Waals surface area contributed by atoms with E-state index in [2.05, 4.69) is 10.6 Å². The highest BCUT2D eigenvalue weighted by molar-refractivity contribution is 6.35. The van der Waals surface area contributed by atoms with Gasteiger partial charge < -0.3 is 15.4 Å². The fraction of sp³-hybridized carbons (Fsp3) is 0.125. The number of ether oxygens (including phenoxy) is 1. The average Bonchev–Trinajstić information content (AvgIpc) is 2.49. The number of rotatable bonds is 5. The quantitative estimate of drug-likeness (QED) is 0.831. The van der Waals surface area contributed by atoms with Gasteiger partial charge in [-0.1, -0.05) is 23.2 Å². The zero-order chi connectivity index (χ0) is 17.7. The third kappa shape index (κ3) is 5.11. The van der Waals surface area contributed by atoms with Crippen molar-refractivity contribution in [2.45, 2.75) is 6.92 Å². The van der Waals surface area contributed by atoms with Gasteiger partial charge in [0.25, 0.3) is 5.91 Å². The van der Waals surface area contributed by atoms with Crippen molar-refractivity contribution < 1.29 is 18.7 Å². The fourth-order valence-electron chi connectivity index (χ4n) is 1.84. The molecule has 0 heterocycles. The number of carbonyl (C=O) groups excluding carboxylic acids is 2. The molecule has 0 aromatic heterocycles. The highest BCUT2D eigenvalue weighted by Crippen LogP contribution is 2.27. The molecule has 0 radical (unpaired) electrons. The Bertz CT molecular complexity index is 784. The summed E-state index contributed by atoms with van der Waals surface area (Å²) in [4.78, 5) is 23.1. The molecular weight excluding hydrogens is 358 g/mol. The molecule has 5 nitrogen and oxygen atoms in total. The zero-order valence-corrected chi connectivity index (χ0v) is 14.0. The van der Waals surface area contributed by atoms with Gasteiger partial charge in [-0.15, -0.1) is 0 Å². The molecule has 8 heteroatoms. The van der Waals surface area contributed by atoms with Crippen molar-refractivity contribution in [2.75, 3.05) is 17.2 Å². The number of anilines is 2. The van der Waals surface area contributed by atoms with E-state index in [0.717, 1.165) is 6.07 Å². The molecule has 2 rings (SSSR count). The lowest BCUT2D eigenvalue weighted by molar-refractivity contribution is -0.118. The Hall–Kier alpha value is -2.31. The molecule has 126 valence electrons. The van der Waals surface area contributed by atoms with Gasteiger partial charge in [-0.2, -0.15) is 0 Å². The van der Waals surface area contributed by atoms with Crippen molar-refractivity contribution >= 4 is 46.4 Å². The fourth-order valence-corrected chi connectivity index (χ4v) is 2.30. The summed E-state index contributed by atoms with van der Waals surface area (Å²) in [6.07, 6.45) is 0. The van der Waals surface area contributed by atoms with E-state index >= 15 is 0 Å². The van der Waals surface area contributed by atoms with E-state index < -0.39 is 11.7 Å². The van der Waals surface area contributed by atoms with E-state index in [1.165, 1.54) is 31.2 Å². The Morgan fingerprint density at radius 3 is 2.50 bits per heavy atom. The highest BCUT2D eigenvalue weighted by atomic mass is 35.5. The Morgan fingerprint density at radius 1 is 1.08 bits per heavy atom. The lowest BCUT2D eigenvalue weighted by Crippen LogP contribution is -2.21. The van der Waals surface area contributed by atoms with E-state index in [4.69, 9.17) is 27.9 Å². The minimum absolute atomic E-state index is 0.126. The SMILES string of the molecule is CC(=O)Nc1ccc(F)cc1NC(=O)COc1ccc(Cl)cc1Cl. The molecule has 0 aliphatic carbocycles. The summed E-state index contributed by atoms with van der Waals surface area (Å²) in [6.45, 7) is 0.956. The van der Waals surface area contributed by atoms with Gasteiger partial charge in [0.1, 0.15) is 11.6 Å². The van der Waals surface area contributed by atoms with Crippen LogP contribution in [0, 0.1) is 5.82 Å². The van der Waals surface area contributed by atoms with Crippen LogP contribution in [0.2, 0.25) is 10.0 Å². The summed E-state index contributed by atoms with van der Waals surface area (Å²) < 4.78 is 18.6. The van der Waals surface area contributed by atoms with Crippen molar-refractivity contribution in [3.8, 4) is 5.75 Å². The van der Waals surface area contributed by atoms with Crippen molar-refractivity contribution in [1.29, 1.82) is 0 Å². The first-order valence-corrected chi connectivity index (χ1v) is 7.55. The van der Waals surface area contributed by atoms with Crippen LogP contribution in [0.4, 0.5) is 15.8 Å². The monoisotopic (exact) mass is 370 g/mol. The lowest BCUT2D eigenvalue weighted by Gasteiger charge is -2.12. The molecule has 24 heavy (non-hydrogen) atoms. The lowest BCUT2D eigenvalue weighted by atomic mass is 10.2. The molecule has 0 bridgehead atoms. The van der Waals surface area contributed by atoms with E-state index in [-0.39, 0.29) is 34.7 Å². The maximum absolute atomic E-state index is 13.4. The maximum atomic E-state index is 13.4. The van der Waals surface area contributed by atoms with Crippen molar-refractivity contribution in [3.63, 3.8) is 0 Å². The van der Waals surface area contributed by atoms with E-state index in [9.17, 15) is 14.0 Å². The van der Waals surface area contributed by atoms with Gasteiger partial charge in [-0.05, 0) is 36.4 Å². The van der Waals surface area contributed by atoms with E-state index in [1.54, 1.807) is 6.07 Å². The molecule has 0 aliphatic rings. The first-order chi connectivity index (χ1) is 11.3. The van der Waals surface area contributed by atoms with Crippen LogP contribution in [0.15, 0.2) is 36.4 Å². The number of halogens is 3. The summed E-state index contributed by atoms with van der Waals surface area (Å²) >= 11 is 11.7. The predicted molar refractivity (Wildman–Crippen MR) is 91.3 cm³/mol. The van der Waals surface area contributed by atoms with Gasteiger partial charge in [-0.3, -0.25) is 9.59 Å². The topological polar surface area (TPSA) is 67.4 Å². The highest BCUT2D eigenvalue weighted by Gasteiger charge is 2.11. The number of benzene rings is 2. The first-order valence-electron chi connectivity index (χ1n) is 6.80. The van der Waals surface area contributed by atoms with Gasteiger partial charge in [-0.25, -0.2) is 4.39 Å². The molecule has 0 atom stereocenters. The number of amides is 2. The molecule has 2 aromatic carbocycles. The van der Waals surface area contributed by atoms with Crippen molar-refractivity contribution in [1.82, 2.24) is 0 Å². The zero-order valence-electron chi connectivity index (χ0n) is 12.5. The number of hydrogen-bond acceptors (Lipinski definition) is 3. The smallest absolute Gasteiger partial charge is 0.262 e. The summed E-state index contributed by atoms with van der Waals surface area (Å²) in [5.74, 6) is -1.15. The van der Waals surface area contributed by atoms with Crippen LogP contribution < -0.4 is 15.4 Å². The standard InChI is InChI=1S/C16H13Cl2FN2O3/c1-9(22)20-13-4-3-11(19)7-14(13)21-16(23)8-24-15-5-2-10(17)6-12(15)18/h2-7H,8H2,1H3,(H,20,22)(H,21,23). The summed E-state index contributed by atoms with van der Waals surface area (Å²) in [7, 11) is 0. The summed E-state index contributed by atoms with van der Waals surface area (Å²) in [5, 5.41) is 5.67. The van der Waals surface area contributed by atoms with Crippen LogP contribution in [0.1, 0.15) is 6.92 Å². The third-order valence-electron chi connectivity index (χ3n) is 2.82. The first kappa shape index (κ1) is 18.0. The Kier molecular flexibility index (Phi) is 6.00. The minimum atomic E-state index is -0.555. The largest absolute Gasteiger partial charge is 0.482 e. The molecule has 0 fully saturated rings. The second-order valence-corrected chi connectivity index (χ2v) is 5.63. The number of nitrogens with one attached hydrogen (secondary N) is 2. The van der Waals surface area contributed by atoms with Gasteiger partial charge in [0.15, 0.2) is 6.61 Å². The second-order valence-electron chi connectivity index (χ2n) is 4.78. The Balaban J connectivity index is 2.04. The van der Waals surface area contributed by atoms with E-state index in [1.807, 2.05) is 0 Å². The van der Waals surface area contributed by atoms with Crippen molar-refractivity contribution in [3.05, 3.63) is 52.3 Å². The van der Waals surface area contributed by atoms with Crippen molar-refractivity contribution in [2.24, 2.45) is 0 Å². The normalized spacial score (nSPS) is 10.2. The number of carbonyl (C=O) groups is 2. The van der Waals surface area contributed by atoms with Crippen LogP contribution in [0.25, 0.3) is 0 Å². The van der Waals surface area contributed by atoms with Gasteiger partial charge in [0, 0.05) is 11.9 Å². The van der Waals surface area contributed by atoms with Crippen LogP contribution in [-0.2, 0) is 9.59 Å². The molecule has 0 unspecified atom stereocenters. The molecule has 0 saturated carbocycles. The minimum Gasteiger partial charge on any atom is -0.482 e. The molecule has 2 aromatic rings. The Morgan fingerprint density at radius 2 is 1.83 bits per heavy atom. The van der Waals surface area contributed by atoms with Crippen LogP contribution >= 0.6 is 23.2 Å². The van der Waals surface area contributed by atoms with Gasteiger partial charge >= 0.3 is 0 Å². The molecule has 2 amide bonds. The van der Waals surface area contributed by atoms with Crippen LogP contribution in [0.3, 0.4) is 0 Å². The van der Waals surface area contributed by atoms with Gasteiger partial charge in [0.2, 0.25) is 5.91 Å². The molecule has 2 N–H and O–H groups in total. The van der Waals surface area contributed by atoms with Gasteiger partial charge in [0.05, 0.1) is 16.4 Å². The molecule has 0 aliphatic heterocycles. The molecular formula is C16H13Cl2FN2O3. The predicted octanol–water partition coefficient (Wildman–Crippen LogP) is 4.11. The van der Waals surface area contributed by atoms with Crippen LogP contribution in [-0.4, -0.2) is 18.4 Å². The number of hydrogen-bond donors (Lipinski definition) is 2. The van der Waals surface area contributed by atoms with Crippen LogP contribution in [0.5, 0.6) is 5.75 Å². The molecule has 0 spiro atoms. The summed E-state index contributed by atoms with van der Waals surface area (Å²) in [5.41, 5.74) is 0.405. The maximum Gasteiger partial charge on any atom is 0.262 e. The molecule has 0 saturated heterocycles.